The third kappa shape index (κ3) is 37.8. The largest absolute Gasteiger partial charge is 0.394 e. The minimum atomic E-state index is -1.80. The van der Waals surface area contributed by atoms with Crippen molar-refractivity contribution in [1.29, 1.82) is 0 Å². The smallest absolute Gasteiger partial charge is 0.220 e. The molecule has 84 heavy (non-hydrogen) atoms. The molecule has 2 rings (SSSR count). The highest BCUT2D eigenvalue weighted by Gasteiger charge is 2.51. The number of rotatable bonds is 51. The Balaban J connectivity index is 1.78. The third-order valence-electron chi connectivity index (χ3n) is 15.1. The Kier molecular flexibility index (Phi) is 48.8. The third-order valence-corrected chi connectivity index (χ3v) is 15.1. The molecule has 0 aromatic rings. The predicted molar refractivity (Wildman–Crippen MR) is 341 cm³/mol. The van der Waals surface area contributed by atoms with Gasteiger partial charge < -0.3 is 65.1 Å². The van der Waals surface area contributed by atoms with Gasteiger partial charge in [0.15, 0.2) is 12.6 Å². The number of ether oxygens (including phenoxy) is 4. The van der Waals surface area contributed by atoms with Crippen LogP contribution in [0, 0.1) is 0 Å². The molecule has 1 amide bonds. The minimum Gasteiger partial charge on any atom is -0.394 e. The SMILES string of the molecule is CC/C=C\C/C=C\C/C=C\C/C=C\C/C=C\C/C=C\C/C=C\CCCCCC(=O)NC(COC1OC(CO)C(OC2OC(CO)C(O)C(O)C2O)C(O)C1O)C(O)/C=C/CC/C=C/CC/C=C/CCCCCCCCCCCCCCCCC. The number of hydrogen-bond donors (Lipinski definition) is 9. The van der Waals surface area contributed by atoms with Gasteiger partial charge in [-0.25, -0.2) is 0 Å². The first-order valence-corrected chi connectivity index (χ1v) is 32.8. The second-order valence-electron chi connectivity index (χ2n) is 22.5. The number of aliphatic hydroxyl groups is 8. The van der Waals surface area contributed by atoms with E-state index in [2.05, 4.69) is 129 Å². The number of aliphatic hydroxyl groups excluding tert-OH is 8. The highest BCUT2D eigenvalue weighted by atomic mass is 16.7. The lowest BCUT2D eigenvalue weighted by Crippen LogP contribution is -2.65. The lowest BCUT2D eigenvalue weighted by Gasteiger charge is -2.46. The first-order valence-electron chi connectivity index (χ1n) is 32.8. The molecule has 2 aliphatic heterocycles. The highest BCUT2D eigenvalue weighted by Crippen LogP contribution is 2.30. The number of allylic oxidation sites excluding steroid dienone is 19. The maximum Gasteiger partial charge on any atom is 0.220 e. The van der Waals surface area contributed by atoms with Gasteiger partial charge >= 0.3 is 0 Å². The van der Waals surface area contributed by atoms with Crippen LogP contribution >= 0.6 is 0 Å². The van der Waals surface area contributed by atoms with Crippen LogP contribution < -0.4 is 5.32 Å². The summed E-state index contributed by atoms with van der Waals surface area (Å²) in [6, 6.07) is -0.967. The van der Waals surface area contributed by atoms with E-state index in [1.165, 1.54) is 96.3 Å². The minimum absolute atomic E-state index is 0.222. The topological polar surface area (TPSA) is 228 Å². The van der Waals surface area contributed by atoms with Crippen molar-refractivity contribution < 1.29 is 64.6 Å². The van der Waals surface area contributed by atoms with Crippen LogP contribution in [0.4, 0.5) is 0 Å². The maximum atomic E-state index is 13.3. The van der Waals surface area contributed by atoms with Gasteiger partial charge in [-0.1, -0.05) is 232 Å². The van der Waals surface area contributed by atoms with E-state index in [0.29, 0.717) is 12.8 Å². The molecule has 0 radical (unpaired) electrons. The average molecular weight is 1180 g/mol. The molecule has 2 fully saturated rings. The molecule has 12 unspecified atom stereocenters. The monoisotopic (exact) mass is 1180 g/mol. The zero-order valence-electron chi connectivity index (χ0n) is 51.8. The molecule has 14 heteroatoms. The zero-order valence-corrected chi connectivity index (χ0v) is 51.8. The summed E-state index contributed by atoms with van der Waals surface area (Å²) < 4.78 is 22.8. The van der Waals surface area contributed by atoms with Gasteiger partial charge in [0.25, 0.3) is 0 Å². The van der Waals surface area contributed by atoms with Crippen molar-refractivity contribution in [2.75, 3.05) is 19.8 Å². The Bertz CT molecular complexity index is 1870. The summed E-state index contributed by atoms with van der Waals surface area (Å²) in [4.78, 5) is 13.3. The number of carbonyl (C=O) groups excluding carboxylic acids is 1. The first kappa shape index (κ1) is 76.5. The van der Waals surface area contributed by atoms with Crippen molar-refractivity contribution in [3.05, 3.63) is 122 Å². The van der Waals surface area contributed by atoms with Crippen molar-refractivity contribution in [3.8, 4) is 0 Å². The van der Waals surface area contributed by atoms with Gasteiger partial charge in [-0.2, -0.15) is 0 Å². The molecule has 480 valence electrons. The molecule has 12 atom stereocenters. The predicted octanol–water partition coefficient (Wildman–Crippen LogP) is 12.6. The van der Waals surface area contributed by atoms with Crippen molar-refractivity contribution in [2.24, 2.45) is 0 Å². The second-order valence-corrected chi connectivity index (χ2v) is 22.5. The van der Waals surface area contributed by atoms with Crippen molar-refractivity contribution in [3.63, 3.8) is 0 Å². The lowest BCUT2D eigenvalue weighted by atomic mass is 9.97. The summed E-state index contributed by atoms with van der Waals surface area (Å²) in [7, 11) is 0. The van der Waals surface area contributed by atoms with Crippen LogP contribution in [-0.4, -0.2) is 140 Å². The number of unbranched alkanes of at least 4 members (excludes halogenated alkanes) is 20. The highest BCUT2D eigenvalue weighted by molar-refractivity contribution is 5.76. The van der Waals surface area contributed by atoms with E-state index in [1.54, 1.807) is 6.08 Å². The van der Waals surface area contributed by atoms with Crippen molar-refractivity contribution in [1.82, 2.24) is 5.32 Å². The standard InChI is InChI=1S/C70H117NO13/c1-3-5-7-9-11-13-15-17-19-21-23-25-27-29-31-33-35-37-39-41-43-45-47-49-51-53-59(74)58(57-81-69-67(80)65(78)68(61(56-73)83-69)84-70-66(79)64(77)63(76)60(55-72)82-70)71-62(75)54-52-50-48-46-44-42-40-38-36-34-32-30-28-26-24-22-20-18-16-14-12-10-8-6-4-2/h6,8,12,14,18,20,24,26,30,32,35-38,42-45,51,53,58-61,63-70,72-74,76-80H,3-5,7,9-11,13,15-17,19,21-23,25,27-29,31,33-34,39-41,46-50,52,54-57H2,1-2H3,(H,71,75)/b8-6-,14-12-,20-18-,26-24-,32-30-,37-35+,38-36-,44-42-,45-43+,53-51+. The van der Waals surface area contributed by atoms with Crippen LogP contribution in [0.15, 0.2) is 122 Å². The van der Waals surface area contributed by atoms with Crippen LogP contribution in [0.2, 0.25) is 0 Å². The fourth-order valence-electron chi connectivity index (χ4n) is 9.89. The van der Waals surface area contributed by atoms with Crippen molar-refractivity contribution >= 4 is 5.91 Å². The molecule has 0 aliphatic carbocycles. The van der Waals surface area contributed by atoms with Gasteiger partial charge in [0.1, 0.15) is 48.8 Å². The molecule has 2 aliphatic rings. The molecule has 0 aromatic heterocycles. The van der Waals surface area contributed by atoms with Crippen LogP contribution in [0.3, 0.4) is 0 Å². The molecule has 2 saturated heterocycles. The van der Waals surface area contributed by atoms with Gasteiger partial charge in [0.2, 0.25) is 5.91 Å². The molecular weight excluding hydrogens is 1060 g/mol. The Hall–Kier alpha value is -3.61. The molecular formula is C70H117NO13. The van der Waals surface area contributed by atoms with Crippen LogP contribution in [0.1, 0.15) is 219 Å². The van der Waals surface area contributed by atoms with Gasteiger partial charge in [0.05, 0.1) is 32.0 Å². The van der Waals surface area contributed by atoms with E-state index in [-0.39, 0.29) is 18.9 Å². The molecule has 9 N–H and O–H groups in total. The summed E-state index contributed by atoms with van der Waals surface area (Å²) >= 11 is 0. The molecule has 0 spiro atoms. The average Bonchev–Trinajstić information content (AvgIpc) is 3.18. The van der Waals surface area contributed by atoms with E-state index in [4.69, 9.17) is 18.9 Å². The molecule has 0 aromatic carbocycles. The summed E-state index contributed by atoms with van der Waals surface area (Å²) in [5.41, 5.74) is 0. The Labute approximate surface area is 508 Å². The van der Waals surface area contributed by atoms with Crippen LogP contribution in [0.25, 0.3) is 0 Å². The van der Waals surface area contributed by atoms with E-state index in [0.717, 1.165) is 89.9 Å². The molecule has 14 nitrogen and oxygen atoms in total. The summed E-state index contributed by atoms with van der Waals surface area (Å²) in [6.07, 6.45) is 61.0. The van der Waals surface area contributed by atoms with Gasteiger partial charge in [-0.15, -0.1) is 0 Å². The van der Waals surface area contributed by atoms with E-state index in [9.17, 15) is 45.6 Å². The van der Waals surface area contributed by atoms with Gasteiger partial charge in [-0.05, 0) is 103 Å². The molecule has 0 saturated carbocycles. The molecule has 0 bridgehead atoms. The number of amides is 1. The number of nitrogens with one attached hydrogen (secondary N) is 1. The van der Waals surface area contributed by atoms with Gasteiger partial charge in [0, 0.05) is 6.42 Å². The van der Waals surface area contributed by atoms with Crippen LogP contribution in [-0.2, 0) is 23.7 Å². The maximum absolute atomic E-state index is 13.3. The Morgan fingerprint density at radius 2 is 0.833 bits per heavy atom. The van der Waals surface area contributed by atoms with Gasteiger partial charge in [-0.3, -0.25) is 4.79 Å². The quantitative estimate of drug-likeness (QED) is 0.0204. The lowest BCUT2D eigenvalue weighted by molar-refractivity contribution is -0.359. The summed E-state index contributed by atoms with van der Waals surface area (Å²) in [5.74, 6) is -0.289. The fourth-order valence-corrected chi connectivity index (χ4v) is 9.89. The summed E-state index contributed by atoms with van der Waals surface area (Å²) in [6.45, 7) is 2.64. The van der Waals surface area contributed by atoms with Crippen molar-refractivity contribution in [2.45, 2.75) is 293 Å². The first-order chi connectivity index (χ1) is 41.1. The van der Waals surface area contributed by atoms with Crippen LogP contribution in [0.5, 0.6) is 0 Å². The second kappa shape index (κ2) is 53.6. The Morgan fingerprint density at radius 1 is 0.440 bits per heavy atom. The number of hydrogen-bond acceptors (Lipinski definition) is 13. The Morgan fingerprint density at radius 3 is 1.31 bits per heavy atom. The summed E-state index contributed by atoms with van der Waals surface area (Å²) in [5, 5.41) is 87.3. The van der Waals surface area contributed by atoms with E-state index < -0.39 is 86.8 Å². The van der Waals surface area contributed by atoms with E-state index in [1.807, 2.05) is 6.08 Å². The fraction of sp³-hybridized carbons (Fsp3) is 0.700. The number of carbonyl (C=O) groups is 1. The normalized spacial score (nSPS) is 24.5. The zero-order chi connectivity index (χ0) is 60.9. The van der Waals surface area contributed by atoms with E-state index >= 15 is 0 Å². The molecule has 2 heterocycles.